The number of aromatic nitrogens is 3. The summed E-state index contributed by atoms with van der Waals surface area (Å²) >= 11 is 0. The number of nitrogens with one attached hydrogen (secondary N) is 1. The van der Waals surface area contributed by atoms with Gasteiger partial charge in [0.15, 0.2) is 0 Å². The average molecular weight is 398 g/mol. The van der Waals surface area contributed by atoms with Crippen molar-refractivity contribution in [2.75, 3.05) is 5.32 Å². The first kappa shape index (κ1) is 19.1. The molecule has 0 fully saturated rings. The van der Waals surface area contributed by atoms with Gasteiger partial charge in [0.1, 0.15) is 0 Å². The minimum atomic E-state index is -0.746. The number of carbonyl (C=O) groups excluding carboxylic acids is 1. The van der Waals surface area contributed by atoms with E-state index in [-0.39, 0.29) is 12.2 Å². The Kier molecular flexibility index (Phi) is 5.34. The van der Waals surface area contributed by atoms with Crippen molar-refractivity contribution in [2.45, 2.75) is 6.54 Å². The molecule has 0 aliphatic heterocycles. The standard InChI is InChI=1S/C23H18N4O3/c28-21(24-18-12-6-2-7-13-18)20-22(29)26(16-17-10-4-1-5-11-17)23(30)27(25-20)19-14-8-3-9-15-19/h1-15H,16H2,(H,24,28). The van der Waals surface area contributed by atoms with E-state index in [1.807, 2.05) is 36.4 Å². The van der Waals surface area contributed by atoms with Gasteiger partial charge in [-0.3, -0.25) is 14.2 Å². The van der Waals surface area contributed by atoms with Crippen molar-refractivity contribution in [2.24, 2.45) is 0 Å². The van der Waals surface area contributed by atoms with Crippen LogP contribution in [0.15, 0.2) is 101 Å². The number of carbonyl (C=O) groups is 1. The first-order valence-corrected chi connectivity index (χ1v) is 9.33. The van der Waals surface area contributed by atoms with Crippen LogP contribution in [0.5, 0.6) is 0 Å². The smallest absolute Gasteiger partial charge is 0.320 e. The number of hydrogen-bond acceptors (Lipinski definition) is 4. The molecule has 0 radical (unpaired) electrons. The molecular formula is C23H18N4O3. The minimum absolute atomic E-state index is 0.0273. The van der Waals surface area contributed by atoms with E-state index >= 15 is 0 Å². The molecule has 7 nitrogen and oxygen atoms in total. The number of benzene rings is 3. The Balaban J connectivity index is 1.85. The fourth-order valence-electron chi connectivity index (χ4n) is 3.01. The predicted octanol–water partition coefficient (Wildman–Crippen LogP) is 2.69. The Morgan fingerprint density at radius 1 is 0.800 bits per heavy atom. The minimum Gasteiger partial charge on any atom is -0.320 e. The largest absolute Gasteiger partial charge is 0.352 e. The van der Waals surface area contributed by atoms with Crippen molar-refractivity contribution in [3.05, 3.63) is 123 Å². The summed E-state index contributed by atoms with van der Waals surface area (Å²) in [4.78, 5) is 38.9. The summed E-state index contributed by atoms with van der Waals surface area (Å²) in [6.45, 7) is 0.0273. The van der Waals surface area contributed by atoms with Crippen LogP contribution in [-0.2, 0) is 6.54 Å². The average Bonchev–Trinajstić information content (AvgIpc) is 2.78. The Labute approximate surface area is 171 Å². The SMILES string of the molecule is O=C(Nc1ccccc1)c1nn(-c2ccccc2)c(=O)n(Cc2ccccc2)c1=O. The fraction of sp³-hybridized carbons (Fsp3) is 0.0435. The van der Waals surface area contributed by atoms with Crippen LogP contribution < -0.4 is 16.6 Å². The zero-order valence-electron chi connectivity index (χ0n) is 15.9. The first-order chi connectivity index (χ1) is 14.6. The maximum atomic E-state index is 13.1. The molecule has 0 aliphatic rings. The Bertz CT molecular complexity index is 1280. The van der Waals surface area contributed by atoms with Crippen molar-refractivity contribution in [1.82, 2.24) is 14.3 Å². The maximum absolute atomic E-state index is 13.1. The van der Waals surface area contributed by atoms with Gasteiger partial charge < -0.3 is 5.32 Å². The lowest BCUT2D eigenvalue weighted by atomic mass is 10.2. The molecular weight excluding hydrogens is 380 g/mol. The summed E-state index contributed by atoms with van der Waals surface area (Å²) in [5.74, 6) is -0.683. The van der Waals surface area contributed by atoms with Gasteiger partial charge in [0.25, 0.3) is 11.5 Å². The predicted molar refractivity (Wildman–Crippen MR) is 114 cm³/mol. The Morgan fingerprint density at radius 3 is 2.00 bits per heavy atom. The normalized spacial score (nSPS) is 10.5. The van der Waals surface area contributed by atoms with Crippen molar-refractivity contribution in [3.8, 4) is 5.69 Å². The van der Waals surface area contributed by atoms with Crippen LogP contribution in [-0.4, -0.2) is 20.3 Å². The molecule has 1 heterocycles. The van der Waals surface area contributed by atoms with Crippen molar-refractivity contribution >= 4 is 11.6 Å². The highest BCUT2D eigenvalue weighted by molar-refractivity contribution is 6.02. The molecule has 0 spiro atoms. The van der Waals surface area contributed by atoms with E-state index in [1.165, 1.54) is 0 Å². The fourth-order valence-corrected chi connectivity index (χ4v) is 3.01. The Morgan fingerprint density at radius 2 is 1.37 bits per heavy atom. The molecule has 30 heavy (non-hydrogen) atoms. The van der Waals surface area contributed by atoms with Gasteiger partial charge in [-0.1, -0.05) is 66.7 Å². The maximum Gasteiger partial charge on any atom is 0.352 e. The third-order valence-corrected chi connectivity index (χ3v) is 4.49. The summed E-state index contributed by atoms with van der Waals surface area (Å²) in [5.41, 5.74) is 0.0137. The van der Waals surface area contributed by atoms with E-state index in [2.05, 4.69) is 10.4 Å². The number of anilines is 1. The van der Waals surface area contributed by atoms with Gasteiger partial charge in [0.05, 0.1) is 12.2 Å². The number of hydrogen-bond donors (Lipinski definition) is 1. The second-order valence-corrected chi connectivity index (χ2v) is 6.58. The van der Waals surface area contributed by atoms with Gasteiger partial charge in [-0.15, -0.1) is 0 Å². The molecule has 0 unspecified atom stereocenters. The molecule has 0 aliphatic carbocycles. The Hall–Kier alpha value is -4.26. The number of nitrogens with zero attached hydrogens (tertiary/aromatic N) is 3. The molecule has 4 aromatic rings. The van der Waals surface area contributed by atoms with Crippen molar-refractivity contribution < 1.29 is 4.79 Å². The van der Waals surface area contributed by atoms with Crippen LogP contribution in [0.1, 0.15) is 16.1 Å². The molecule has 7 heteroatoms. The van der Waals surface area contributed by atoms with Crippen LogP contribution >= 0.6 is 0 Å². The third-order valence-electron chi connectivity index (χ3n) is 4.49. The van der Waals surface area contributed by atoms with Crippen LogP contribution in [0, 0.1) is 0 Å². The lowest BCUT2D eigenvalue weighted by Gasteiger charge is -2.12. The molecule has 1 amide bonds. The summed E-state index contributed by atoms with van der Waals surface area (Å²) in [6.07, 6.45) is 0. The van der Waals surface area contributed by atoms with Crippen LogP contribution in [0.2, 0.25) is 0 Å². The van der Waals surface area contributed by atoms with Gasteiger partial charge >= 0.3 is 5.69 Å². The lowest BCUT2D eigenvalue weighted by molar-refractivity contribution is 0.101. The topological polar surface area (TPSA) is 86.0 Å². The van der Waals surface area contributed by atoms with Crippen molar-refractivity contribution in [1.29, 1.82) is 0 Å². The summed E-state index contributed by atoms with van der Waals surface area (Å²) in [6, 6.07) is 26.5. The highest BCUT2D eigenvalue weighted by atomic mass is 16.2. The monoisotopic (exact) mass is 398 g/mol. The molecule has 1 N–H and O–H groups in total. The van der Waals surface area contributed by atoms with Crippen LogP contribution in [0.25, 0.3) is 5.69 Å². The second-order valence-electron chi connectivity index (χ2n) is 6.58. The number of rotatable bonds is 5. The molecule has 0 atom stereocenters. The zero-order valence-corrected chi connectivity index (χ0v) is 15.9. The van der Waals surface area contributed by atoms with E-state index in [0.29, 0.717) is 11.4 Å². The van der Waals surface area contributed by atoms with Gasteiger partial charge in [-0.2, -0.15) is 9.78 Å². The van der Waals surface area contributed by atoms with Crippen LogP contribution in [0.3, 0.4) is 0 Å². The van der Waals surface area contributed by atoms with E-state index < -0.39 is 17.2 Å². The van der Waals surface area contributed by atoms with Crippen LogP contribution in [0.4, 0.5) is 5.69 Å². The highest BCUT2D eigenvalue weighted by Crippen LogP contribution is 2.07. The molecule has 3 aromatic carbocycles. The molecule has 0 saturated heterocycles. The van der Waals surface area contributed by atoms with E-state index in [9.17, 15) is 14.4 Å². The van der Waals surface area contributed by atoms with E-state index in [4.69, 9.17) is 0 Å². The third kappa shape index (κ3) is 3.95. The van der Waals surface area contributed by atoms with Gasteiger partial charge in [0.2, 0.25) is 5.69 Å². The van der Waals surface area contributed by atoms with E-state index in [1.54, 1.807) is 54.6 Å². The first-order valence-electron chi connectivity index (χ1n) is 9.33. The number of amides is 1. The second kappa shape index (κ2) is 8.40. The van der Waals surface area contributed by atoms with Gasteiger partial charge in [-0.25, -0.2) is 4.79 Å². The summed E-state index contributed by atoms with van der Waals surface area (Å²) in [5, 5.41) is 6.76. The quantitative estimate of drug-likeness (QED) is 0.560. The van der Waals surface area contributed by atoms with E-state index in [0.717, 1.165) is 14.8 Å². The van der Waals surface area contributed by atoms with Gasteiger partial charge in [0, 0.05) is 5.69 Å². The molecule has 0 bridgehead atoms. The molecule has 148 valence electrons. The molecule has 0 saturated carbocycles. The molecule has 4 rings (SSSR count). The van der Waals surface area contributed by atoms with Crippen molar-refractivity contribution in [3.63, 3.8) is 0 Å². The molecule has 1 aromatic heterocycles. The zero-order chi connectivity index (χ0) is 20.9. The highest BCUT2D eigenvalue weighted by Gasteiger charge is 2.20. The summed E-state index contributed by atoms with van der Waals surface area (Å²) < 4.78 is 2.10. The lowest BCUT2D eigenvalue weighted by Crippen LogP contribution is -2.45. The summed E-state index contributed by atoms with van der Waals surface area (Å²) in [7, 11) is 0. The van der Waals surface area contributed by atoms with Gasteiger partial charge in [-0.05, 0) is 29.8 Å². The number of para-hydroxylation sites is 2.